The Bertz CT molecular complexity index is 558. The van der Waals surface area contributed by atoms with Crippen LogP contribution < -0.4 is 20.5 Å². The Kier molecular flexibility index (Phi) is 5.53. The summed E-state index contributed by atoms with van der Waals surface area (Å²) in [6, 6.07) is 3.04. The van der Waals surface area contributed by atoms with E-state index in [2.05, 4.69) is 5.32 Å². The van der Waals surface area contributed by atoms with Gasteiger partial charge in [0.05, 0.1) is 26.2 Å². The Labute approximate surface area is 120 Å². The first kappa shape index (κ1) is 16.3. The molecule has 0 aliphatic carbocycles. The zero-order valence-electron chi connectivity index (χ0n) is 11.6. The quantitative estimate of drug-likeness (QED) is 0.637. The number of hydrogen-bond acceptors (Lipinski definition) is 5. The molecule has 4 N–H and O–H groups in total. The molecule has 0 saturated carbocycles. The van der Waals surface area contributed by atoms with E-state index in [0.29, 0.717) is 5.75 Å². The molecule has 0 unspecified atom stereocenters. The number of hydrogen-bond donors (Lipinski definition) is 3. The summed E-state index contributed by atoms with van der Waals surface area (Å²) in [6.45, 7) is 0. The second-order valence-corrected chi connectivity index (χ2v) is 4.10. The standard InChI is InChI=1S/C13H16N2O6/c1-20-7-3-4-8(10(5-7)21-2)12(17)15-9(13(18)19)6-11(14)16/h3-5,9H,6H2,1-2H3,(H2,14,16)(H,15,17)(H,18,19)/t9-/m1/s1. The average Bonchev–Trinajstić information content (AvgIpc) is 2.45. The van der Waals surface area contributed by atoms with Crippen LogP contribution >= 0.6 is 0 Å². The molecule has 0 aromatic heterocycles. The fourth-order valence-electron chi connectivity index (χ4n) is 1.62. The highest BCUT2D eigenvalue weighted by Crippen LogP contribution is 2.24. The minimum Gasteiger partial charge on any atom is -0.497 e. The Hall–Kier alpha value is -2.77. The molecule has 8 nitrogen and oxygen atoms in total. The Morgan fingerprint density at radius 2 is 1.95 bits per heavy atom. The topological polar surface area (TPSA) is 128 Å². The molecule has 1 aromatic rings. The van der Waals surface area contributed by atoms with E-state index in [-0.39, 0.29) is 11.3 Å². The van der Waals surface area contributed by atoms with E-state index in [1.165, 1.54) is 32.4 Å². The highest BCUT2D eigenvalue weighted by Gasteiger charge is 2.24. The summed E-state index contributed by atoms with van der Waals surface area (Å²) >= 11 is 0. The van der Waals surface area contributed by atoms with E-state index in [9.17, 15) is 14.4 Å². The number of carboxylic acid groups (broad SMARTS) is 1. The molecule has 1 aromatic carbocycles. The molecule has 2 amide bonds. The van der Waals surface area contributed by atoms with Gasteiger partial charge in [0, 0.05) is 6.07 Å². The van der Waals surface area contributed by atoms with Crippen molar-refractivity contribution < 1.29 is 29.0 Å². The molecule has 1 atom stereocenters. The average molecular weight is 296 g/mol. The number of nitrogens with two attached hydrogens (primary N) is 1. The van der Waals surface area contributed by atoms with Gasteiger partial charge >= 0.3 is 5.97 Å². The third-order valence-electron chi connectivity index (χ3n) is 2.66. The third-order valence-corrected chi connectivity index (χ3v) is 2.66. The summed E-state index contributed by atoms with van der Waals surface area (Å²) < 4.78 is 10.0. The van der Waals surface area contributed by atoms with Crippen molar-refractivity contribution in [3.63, 3.8) is 0 Å². The van der Waals surface area contributed by atoms with Crippen molar-refractivity contribution in [2.75, 3.05) is 14.2 Å². The monoisotopic (exact) mass is 296 g/mol. The van der Waals surface area contributed by atoms with Crippen LogP contribution in [0.5, 0.6) is 11.5 Å². The van der Waals surface area contributed by atoms with Gasteiger partial charge in [0.25, 0.3) is 5.91 Å². The number of carboxylic acids is 1. The van der Waals surface area contributed by atoms with Crippen molar-refractivity contribution >= 4 is 17.8 Å². The largest absolute Gasteiger partial charge is 0.497 e. The molecule has 0 radical (unpaired) electrons. The molecule has 0 aliphatic heterocycles. The van der Waals surface area contributed by atoms with Gasteiger partial charge in [0.1, 0.15) is 17.5 Å². The molecule has 0 spiro atoms. The first-order valence-corrected chi connectivity index (χ1v) is 5.93. The van der Waals surface area contributed by atoms with Crippen LogP contribution in [0.15, 0.2) is 18.2 Å². The number of ether oxygens (including phenoxy) is 2. The molecule has 0 bridgehead atoms. The fraction of sp³-hybridized carbons (Fsp3) is 0.308. The predicted molar refractivity (Wildman–Crippen MR) is 72.2 cm³/mol. The first-order valence-electron chi connectivity index (χ1n) is 5.93. The fourth-order valence-corrected chi connectivity index (χ4v) is 1.62. The van der Waals surface area contributed by atoms with Crippen molar-refractivity contribution in [3.8, 4) is 11.5 Å². The number of benzene rings is 1. The zero-order valence-corrected chi connectivity index (χ0v) is 11.6. The van der Waals surface area contributed by atoms with E-state index >= 15 is 0 Å². The van der Waals surface area contributed by atoms with Gasteiger partial charge in [-0.25, -0.2) is 4.79 Å². The molecule has 1 rings (SSSR count). The zero-order chi connectivity index (χ0) is 16.0. The summed E-state index contributed by atoms with van der Waals surface area (Å²) in [5.74, 6) is -2.17. The second kappa shape index (κ2) is 7.13. The maximum absolute atomic E-state index is 12.1. The van der Waals surface area contributed by atoms with E-state index in [4.69, 9.17) is 20.3 Å². The van der Waals surface area contributed by atoms with Gasteiger partial charge in [-0.15, -0.1) is 0 Å². The minimum absolute atomic E-state index is 0.119. The first-order chi connectivity index (χ1) is 9.88. The number of aliphatic carboxylic acids is 1. The van der Waals surface area contributed by atoms with Gasteiger partial charge in [-0.05, 0) is 12.1 Å². The van der Waals surface area contributed by atoms with Crippen LogP contribution in [-0.2, 0) is 9.59 Å². The molecular formula is C13H16N2O6. The number of carbonyl (C=O) groups is 3. The Morgan fingerprint density at radius 1 is 1.29 bits per heavy atom. The normalized spacial score (nSPS) is 11.3. The summed E-state index contributed by atoms with van der Waals surface area (Å²) in [5.41, 5.74) is 5.06. The van der Waals surface area contributed by atoms with Crippen LogP contribution in [0.4, 0.5) is 0 Å². The van der Waals surface area contributed by atoms with Crippen LogP contribution in [0.2, 0.25) is 0 Å². The molecule has 114 valence electrons. The second-order valence-electron chi connectivity index (χ2n) is 4.10. The lowest BCUT2D eigenvalue weighted by Crippen LogP contribution is -2.43. The molecule has 21 heavy (non-hydrogen) atoms. The predicted octanol–water partition coefficient (Wildman–Crippen LogP) is -0.238. The van der Waals surface area contributed by atoms with Gasteiger partial charge in [-0.3, -0.25) is 9.59 Å². The van der Waals surface area contributed by atoms with Crippen molar-refractivity contribution in [3.05, 3.63) is 23.8 Å². The van der Waals surface area contributed by atoms with Crippen molar-refractivity contribution in [1.29, 1.82) is 0 Å². The number of carbonyl (C=O) groups excluding carboxylic acids is 2. The van der Waals surface area contributed by atoms with E-state index < -0.39 is 30.2 Å². The molecule has 0 heterocycles. The molecular weight excluding hydrogens is 280 g/mol. The smallest absolute Gasteiger partial charge is 0.326 e. The number of nitrogens with one attached hydrogen (secondary N) is 1. The molecule has 0 aliphatic rings. The minimum atomic E-state index is -1.40. The van der Waals surface area contributed by atoms with Crippen molar-refractivity contribution in [2.45, 2.75) is 12.5 Å². The lowest BCUT2D eigenvalue weighted by molar-refractivity contribution is -0.140. The van der Waals surface area contributed by atoms with Crippen LogP contribution in [0.1, 0.15) is 16.8 Å². The number of methoxy groups -OCH3 is 2. The molecule has 0 saturated heterocycles. The van der Waals surface area contributed by atoms with Gasteiger partial charge in [-0.1, -0.05) is 0 Å². The summed E-state index contributed by atoms with van der Waals surface area (Å²) in [7, 11) is 2.82. The van der Waals surface area contributed by atoms with Crippen LogP contribution in [-0.4, -0.2) is 43.2 Å². The molecule has 0 fully saturated rings. The van der Waals surface area contributed by atoms with Crippen LogP contribution in [0.3, 0.4) is 0 Å². The summed E-state index contributed by atoms with van der Waals surface area (Å²) in [6.07, 6.45) is -0.500. The number of primary amides is 1. The lowest BCUT2D eigenvalue weighted by atomic mass is 10.1. The highest BCUT2D eigenvalue weighted by atomic mass is 16.5. The van der Waals surface area contributed by atoms with Crippen molar-refractivity contribution in [2.24, 2.45) is 5.73 Å². The third kappa shape index (κ3) is 4.37. The van der Waals surface area contributed by atoms with Gasteiger partial charge in [0.2, 0.25) is 5.91 Å². The van der Waals surface area contributed by atoms with E-state index in [1.54, 1.807) is 0 Å². The Balaban J connectivity index is 2.96. The SMILES string of the molecule is COc1ccc(C(=O)N[C@H](CC(N)=O)C(=O)O)c(OC)c1. The number of amides is 2. The van der Waals surface area contributed by atoms with Gasteiger partial charge in [0.15, 0.2) is 0 Å². The maximum Gasteiger partial charge on any atom is 0.326 e. The lowest BCUT2D eigenvalue weighted by Gasteiger charge is -2.15. The highest BCUT2D eigenvalue weighted by molar-refractivity contribution is 5.99. The molecule has 8 heteroatoms. The van der Waals surface area contributed by atoms with E-state index in [1.807, 2.05) is 0 Å². The summed E-state index contributed by atoms with van der Waals surface area (Å²) in [4.78, 5) is 33.9. The number of rotatable bonds is 7. The summed E-state index contributed by atoms with van der Waals surface area (Å²) in [5, 5.41) is 11.2. The Morgan fingerprint density at radius 3 is 2.43 bits per heavy atom. The van der Waals surface area contributed by atoms with Crippen molar-refractivity contribution in [1.82, 2.24) is 5.32 Å². The van der Waals surface area contributed by atoms with Gasteiger partial charge < -0.3 is 25.6 Å². The maximum atomic E-state index is 12.1. The van der Waals surface area contributed by atoms with Crippen LogP contribution in [0.25, 0.3) is 0 Å². The van der Waals surface area contributed by atoms with Gasteiger partial charge in [-0.2, -0.15) is 0 Å². The van der Waals surface area contributed by atoms with Crippen LogP contribution in [0, 0.1) is 0 Å². The van der Waals surface area contributed by atoms with E-state index in [0.717, 1.165) is 0 Å².